The van der Waals surface area contributed by atoms with Crippen molar-refractivity contribution >= 4 is 34.3 Å². The van der Waals surface area contributed by atoms with E-state index in [-0.39, 0.29) is 0 Å². The van der Waals surface area contributed by atoms with Crippen LogP contribution in [0.25, 0.3) is 10.6 Å². The highest BCUT2D eigenvalue weighted by Gasteiger charge is 2.20. The summed E-state index contributed by atoms with van der Waals surface area (Å²) < 4.78 is 0.753. The summed E-state index contributed by atoms with van der Waals surface area (Å²) in [5, 5.41) is 12.4. The van der Waals surface area contributed by atoms with E-state index in [0.29, 0.717) is 0 Å². The van der Waals surface area contributed by atoms with E-state index in [1.54, 1.807) is 13.8 Å². The van der Waals surface area contributed by atoms with Gasteiger partial charge in [-0.25, -0.2) is 4.98 Å². The molecule has 2 rings (SSSR count). The van der Waals surface area contributed by atoms with E-state index in [9.17, 15) is 5.11 Å². The van der Waals surface area contributed by atoms with Gasteiger partial charge in [0.25, 0.3) is 0 Å². The molecule has 2 aromatic heterocycles. The molecule has 2 heterocycles. The molecule has 5 heteroatoms. The molecule has 1 N–H and O–H groups in total. The van der Waals surface area contributed by atoms with E-state index in [4.69, 9.17) is 11.6 Å². The Morgan fingerprint density at radius 2 is 2.13 bits per heavy atom. The number of rotatable bonds is 2. The SMILES string of the molecule is CC(C)(O)c1nc(-c2ccc(Cl)s2)cs1. The Morgan fingerprint density at radius 1 is 1.40 bits per heavy atom. The van der Waals surface area contributed by atoms with Gasteiger partial charge in [0, 0.05) is 5.38 Å². The molecule has 0 aromatic carbocycles. The second kappa shape index (κ2) is 3.87. The van der Waals surface area contributed by atoms with E-state index in [1.165, 1.54) is 22.7 Å². The minimum absolute atomic E-state index is 0.724. The van der Waals surface area contributed by atoms with Gasteiger partial charge in [-0.15, -0.1) is 22.7 Å². The summed E-state index contributed by atoms with van der Waals surface area (Å²) in [5.74, 6) is 0. The minimum Gasteiger partial charge on any atom is -0.383 e. The maximum absolute atomic E-state index is 9.78. The second-order valence-electron chi connectivity index (χ2n) is 3.70. The van der Waals surface area contributed by atoms with Crippen LogP contribution in [-0.2, 0) is 5.60 Å². The summed E-state index contributed by atoms with van der Waals surface area (Å²) in [4.78, 5) is 5.42. The highest BCUT2D eigenvalue weighted by Crippen LogP contribution is 2.33. The summed E-state index contributed by atoms with van der Waals surface area (Å²) in [5.41, 5.74) is 0.0123. The van der Waals surface area contributed by atoms with Gasteiger partial charge in [0.1, 0.15) is 10.6 Å². The number of aliphatic hydroxyl groups is 1. The Kier molecular flexibility index (Phi) is 2.85. The van der Waals surface area contributed by atoms with E-state index >= 15 is 0 Å². The fraction of sp³-hybridized carbons (Fsp3) is 0.300. The van der Waals surface area contributed by atoms with Crippen LogP contribution in [0.3, 0.4) is 0 Å². The highest BCUT2D eigenvalue weighted by molar-refractivity contribution is 7.19. The average Bonchev–Trinajstić information content (AvgIpc) is 2.69. The van der Waals surface area contributed by atoms with Crippen molar-refractivity contribution in [3.05, 3.63) is 26.9 Å². The van der Waals surface area contributed by atoms with E-state index in [2.05, 4.69) is 4.98 Å². The fourth-order valence-corrected chi connectivity index (χ4v) is 3.04. The predicted molar refractivity (Wildman–Crippen MR) is 65.7 cm³/mol. The lowest BCUT2D eigenvalue weighted by Gasteiger charge is -2.12. The molecule has 0 aliphatic carbocycles. The molecule has 0 amide bonds. The number of thiophene rings is 1. The first-order chi connectivity index (χ1) is 6.97. The maximum Gasteiger partial charge on any atom is 0.124 e. The number of hydrogen-bond donors (Lipinski definition) is 1. The van der Waals surface area contributed by atoms with Crippen molar-refractivity contribution in [2.75, 3.05) is 0 Å². The molecule has 80 valence electrons. The monoisotopic (exact) mass is 259 g/mol. The van der Waals surface area contributed by atoms with Crippen molar-refractivity contribution in [2.24, 2.45) is 0 Å². The van der Waals surface area contributed by atoms with Crippen molar-refractivity contribution in [3.63, 3.8) is 0 Å². The molecule has 0 unspecified atom stereocenters. The molecule has 0 atom stereocenters. The van der Waals surface area contributed by atoms with Gasteiger partial charge in [0.15, 0.2) is 0 Å². The molecule has 15 heavy (non-hydrogen) atoms. The molecule has 2 nitrogen and oxygen atoms in total. The largest absolute Gasteiger partial charge is 0.383 e. The van der Waals surface area contributed by atoms with Crippen molar-refractivity contribution in [1.29, 1.82) is 0 Å². The zero-order valence-corrected chi connectivity index (χ0v) is 10.7. The van der Waals surface area contributed by atoms with Crippen LogP contribution in [0, 0.1) is 0 Å². The molecule has 0 bridgehead atoms. The zero-order valence-electron chi connectivity index (χ0n) is 8.32. The highest BCUT2D eigenvalue weighted by atomic mass is 35.5. The van der Waals surface area contributed by atoms with Crippen molar-refractivity contribution in [1.82, 2.24) is 4.98 Å². The van der Waals surface area contributed by atoms with Crippen molar-refractivity contribution in [3.8, 4) is 10.6 Å². The Labute approximate surface area is 101 Å². The lowest BCUT2D eigenvalue weighted by Crippen LogP contribution is -2.14. The van der Waals surface area contributed by atoms with Crippen LogP contribution in [0.2, 0.25) is 4.34 Å². The standard InChI is InChI=1S/C10H10ClNOS2/c1-10(2,13)9-12-6(5-14-9)7-3-4-8(11)15-7/h3-5,13H,1-2H3. The Morgan fingerprint density at radius 3 is 2.60 bits per heavy atom. The quantitative estimate of drug-likeness (QED) is 0.891. The van der Waals surface area contributed by atoms with Gasteiger partial charge in [0.05, 0.1) is 14.9 Å². The van der Waals surface area contributed by atoms with Crippen LogP contribution in [0.5, 0.6) is 0 Å². The molecule has 0 radical (unpaired) electrons. The molecule has 2 aromatic rings. The van der Waals surface area contributed by atoms with Crippen LogP contribution >= 0.6 is 34.3 Å². The average molecular weight is 260 g/mol. The van der Waals surface area contributed by atoms with Crippen LogP contribution in [0.4, 0.5) is 0 Å². The molecule has 0 fully saturated rings. The van der Waals surface area contributed by atoms with Gasteiger partial charge in [-0.1, -0.05) is 11.6 Å². The number of hydrogen-bond acceptors (Lipinski definition) is 4. The van der Waals surface area contributed by atoms with Crippen LogP contribution < -0.4 is 0 Å². The predicted octanol–water partition coefficient (Wildman–Crippen LogP) is 3.75. The topological polar surface area (TPSA) is 33.1 Å². The van der Waals surface area contributed by atoms with Gasteiger partial charge in [-0.05, 0) is 26.0 Å². The zero-order chi connectivity index (χ0) is 11.1. The molecule has 0 aliphatic rings. The van der Waals surface area contributed by atoms with Crippen LogP contribution in [0.1, 0.15) is 18.9 Å². The van der Waals surface area contributed by atoms with Gasteiger partial charge >= 0.3 is 0 Å². The normalized spacial score (nSPS) is 12.0. The van der Waals surface area contributed by atoms with Crippen molar-refractivity contribution < 1.29 is 5.11 Å². The first-order valence-corrected chi connectivity index (χ1v) is 6.48. The smallest absolute Gasteiger partial charge is 0.124 e. The molecule has 0 spiro atoms. The lowest BCUT2D eigenvalue weighted by molar-refractivity contribution is 0.0783. The van der Waals surface area contributed by atoms with E-state index in [0.717, 1.165) is 19.9 Å². The Hall–Kier alpha value is -0.420. The molecule has 0 saturated carbocycles. The third-order valence-electron chi connectivity index (χ3n) is 1.85. The number of aromatic nitrogens is 1. The number of halogens is 1. The third-order valence-corrected chi connectivity index (χ3v) is 4.26. The van der Waals surface area contributed by atoms with Gasteiger partial charge < -0.3 is 5.11 Å². The van der Waals surface area contributed by atoms with E-state index < -0.39 is 5.60 Å². The van der Waals surface area contributed by atoms with Crippen LogP contribution in [-0.4, -0.2) is 10.1 Å². The van der Waals surface area contributed by atoms with Gasteiger partial charge in [-0.3, -0.25) is 0 Å². The Balaban J connectivity index is 2.36. The number of thiazole rings is 1. The fourth-order valence-electron chi connectivity index (χ4n) is 1.12. The lowest BCUT2D eigenvalue weighted by atomic mass is 10.1. The summed E-state index contributed by atoms with van der Waals surface area (Å²) in [6.45, 7) is 3.47. The first kappa shape index (κ1) is 11.1. The summed E-state index contributed by atoms with van der Waals surface area (Å²) in [6, 6.07) is 3.79. The summed E-state index contributed by atoms with van der Waals surface area (Å²) in [6.07, 6.45) is 0. The number of nitrogens with zero attached hydrogens (tertiary/aromatic N) is 1. The summed E-state index contributed by atoms with van der Waals surface area (Å²) in [7, 11) is 0. The maximum atomic E-state index is 9.78. The van der Waals surface area contributed by atoms with E-state index in [1.807, 2.05) is 17.5 Å². The molecule has 0 aliphatic heterocycles. The first-order valence-electron chi connectivity index (χ1n) is 4.41. The third kappa shape index (κ3) is 2.39. The van der Waals surface area contributed by atoms with Crippen molar-refractivity contribution in [2.45, 2.75) is 19.4 Å². The molecular formula is C10H10ClNOS2. The Bertz CT molecular complexity index is 470. The van der Waals surface area contributed by atoms with Crippen LogP contribution in [0.15, 0.2) is 17.5 Å². The molecule has 0 saturated heterocycles. The van der Waals surface area contributed by atoms with Gasteiger partial charge in [0.2, 0.25) is 0 Å². The molecular weight excluding hydrogens is 250 g/mol. The minimum atomic E-state index is -0.871. The summed E-state index contributed by atoms with van der Waals surface area (Å²) >= 11 is 8.81. The second-order valence-corrected chi connectivity index (χ2v) is 6.27. The van der Waals surface area contributed by atoms with Gasteiger partial charge in [-0.2, -0.15) is 0 Å².